The fourth-order valence-corrected chi connectivity index (χ4v) is 2.82. The second-order valence-electron chi connectivity index (χ2n) is 4.47. The highest BCUT2D eigenvalue weighted by Gasteiger charge is 2.15. The lowest BCUT2D eigenvalue weighted by atomic mass is 10.2. The number of rotatable bonds is 5. The summed E-state index contributed by atoms with van der Waals surface area (Å²) in [5.74, 6) is 2.24. The predicted molar refractivity (Wildman–Crippen MR) is 86.6 cm³/mol. The van der Waals surface area contributed by atoms with Gasteiger partial charge >= 0.3 is 0 Å². The van der Waals surface area contributed by atoms with E-state index in [9.17, 15) is 0 Å². The van der Waals surface area contributed by atoms with E-state index in [4.69, 9.17) is 15.7 Å². The zero-order chi connectivity index (χ0) is 15.2. The van der Waals surface area contributed by atoms with E-state index in [-0.39, 0.29) is 5.84 Å². The first-order valence-electron chi connectivity index (χ1n) is 6.64. The smallest absolute Gasteiger partial charge is 0.175 e. The van der Waals surface area contributed by atoms with E-state index in [0.717, 1.165) is 22.0 Å². The molecule has 5 heteroatoms. The number of oxime groups is 1. The summed E-state index contributed by atoms with van der Waals surface area (Å²) < 4.78 is 5.92. The van der Waals surface area contributed by atoms with Gasteiger partial charge in [0.25, 0.3) is 0 Å². The van der Waals surface area contributed by atoms with Crippen molar-refractivity contribution in [1.29, 1.82) is 0 Å². The Labute approximate surface area is 128 Å². The van der Waals surface area contributed by atoms with Crippen LogP contribution in [-0.2, 0) is 0 Å². The molecule has 0 aliphatic carbocycles. The molecule has 0 heterocycles. The van der Waals surface area contributed by atoms with Gasteiger partial charge in [0.1, 0.15) is 11.5 Å². The lowest BCUT2D eigenvalue weighted by Crippen LogP contribution is -2.15. The molecular weight excluding hydrogens is 284 g/mol. The minimum absolute atomic E-state index is 0.0502. The van der Waals surface area contributed by atoms with Crippen molar-refractivity contribution in [3.63, 3.8) is 0 Å². The maximum absolute atomic E-state index is 9.01. The average molecular weight is 302 g/mol. The van der Waals surface area contributed by atoms with Gasteiger partial charge in [-0.25, -0.2) is 0 Å². The van der Waals surface area contributed by atoms with E-state index >= 15 is 0 Å². The van der Waals surface area contributed by atoms with E-state index in [2.05, 4.69) is 12.1 Å². The second-order valence-corrected chi connectivity index (χ2v) is 5.77. The molecule has 0 unspecified atom stereocenters. The molecule has 3 N–H and O–H groups in total. The van der Waals surface area contributed by atoms with Crippen LogP contribution in [0.15, 0.2) is 52.5 Å². The number of thioether (sulfide) groups is 1. The van der Waals surface area contributed by atoms with Gasteiger partial charge in [-0.3, -0.25) is 0 Å². The Kier molecular flexibility index (Phi) is 5.11. The Morgan fingerprint density at radius 1 is 1.29 bits per heavy atom. The largest absolute Gasteiger partial charge is 0.457 e. The summed E-state index contributed by atoms with van der Waals surface area (Å²) in [6.45, 7) is 4.05. The standard InChI is InChI=1S/C16H18N2O2S/c1-3-21-14-9-5-8-13(15(14)16(17)18-19)20-12-7-4-6-11(2)10-12/h4-10,19H,3H2,1-2H3,(H2,17,18). The van der Waals surface area contributed by atoms with Crippen LogP contribution in [0.4, 0.5) is 0 Å². The van der Waals surface area contributed by atoms with Crippen molar-refractivity contribution < 1.29 is 9.94 Å². The molecule has 0 amide bonds. The number of aryl methyl sites for hydroxylation is 1. The molecule has 0 aromatic heterocycles. The minimum atomic E-state index is 0.0502. The second kappa shape index (κ2) is 7.04. The van der Waals surface area contributed by atoms with Crippen LogP contribution in [0, 0.1) is 6.92 Å². The van der Waals surface area contributed by atoms with Crippen molar-refractivity contribution in [3.8, 4) is 11.5 Å². The molecule has 2 rings (SSSR count). The van der Waals surface area contributed by atoms with Gasteiger partial charge in [-0.1, -0.05) is 30.3 Å². The Hall–Kier alpha value is -2.14. The van der Waals surface area contributed by atoms with Crippen molar-refractivity contribution in [3.05, 3.63) is 53.6 Å². The van der Waals surface area contributed by atoms with Gasteiger partial charge in [0.2, 0.25) is 0 Å². The van der Waals surface area contributed by atoms with Crippen molar-refractivity contribution >= 4 is 17.6 Å². The molecule has 0 saturated carbocycles. The molecule has 0 aliphatic heterocycles. The van der Waals surface area contributed by atoms with Gasteiger partial charge in [-0.05, 0) is 42.5 Å². The molecule has 21 heavy (non-hydrogen) atoms. The predicted octanol–water partition coefficient (Wildman–Crippen LogP) is 3.99. The van der Waals surface area contributed by atoms with E-state index in [1.54, 1.807) is 11.8 Å². The van der Waals surface area contributed by atoms with Crippen LogP contribution < -0.4 is 10.5 Å². The summed E-state index contributed by atoms with van der Waals surface area (Å²) in [6, 6.07) is 13.4. The zero-order valence-electron chi connectivity index (χ0n) is 12.0. The fraction of sp³-hybridized carbons (Fsp3) is 0.188. The highest BCUT2D eigenvalue weighted by Crippen LogP contribution is 2.33. The topological polar surface area (TPSA) is 67.8 Å². The molecule has 2 aromatic rings. The first kappa shape index (κ1) is 15.3. The van der Waals surface area contributed by atoms with Gasteiger partial charge in [0.05, 0.1) is 5.56 Å². The fourth-order valence-electron chi connectivity index (χ4n) is 1.98. The van der Waals surface area contributed by atoms with Crippen molar-refractivity contribution in [2.45, 2.75) is 18.7 Å². The summed E-state index contributed by atoms with van der Waals surface area (Å²) in [5, 5.41) is 12.1. The third-order valence-corrected chi connectivity index (χ3v) is 3.81. The van der Waals surface area contributed by atoms with Crippen LogP contribution >= 0.6 is 11.8 Å². The highest BCUT2D eigenvalue weighted by atomic mass is 32.2. The highest BCUT2D eigenvalue weighted by molar-refractivity contribution is 7.99. The maximum atomic E-state index is 9.01. The Morgan fingerprint density at radius 3 is 2.71 bits per heavy atom. The van der Waals surface area contributed by atoms with E-state index in [1.807, 2.05) is 49.4 Å². The number of nitrogens with zero attached hydrogens (tertiary/aromatic N) is 1. The van der Waals surface area contributed by atoms with E-state index in [1.165, 1.54) is 0 Å². The summed E-state index contributed by atoms with van der Waals surface area (Å²) in [4.78, 5) is 0.929. The van der Waals surface area contributed by atoms with Crippen LogP contribution in [0.25, 0.3) is 0 Å². The molecule has 0 atom stereocenters. The maximum Gasteiger partial charge on any atom is 0.175 e. The Balaban J connectivity index is 2.45. The first-order chi connectivity index (χ1) is 10.2. The lowest BCUT2D eigenvalue weighted by Gasteiger charge is -2.14. The van der Waals surface area contributed by atoms with Crippen molar-refractivity contribution in [2.75, 3.05) is 5.75 Å². The van der Waals surface area contributed by atoms with Crippen molar-refractivity contribution in [2.24, 2.45) is 10.9 Å². The molecular formula is C16H18N2O2S. The van der Waals surface area contributed by atoms with Crippen LogP contribution in [0.1, 0.15) is 18.1 Å². The molecule has 0 radical (unpaired) electrons. The molecule has 0 aliphatic rings. The number of nitrogens with two attached hydrogens (primary N) is 1. The van der Waals surface area contributed by atoms with Gasteiger partial charge in [0.15, 0.2) is 5.84 Å². The van der Waals surface area contributed by atoms with E-state index < -0.39 is 0 Å². The molecule has 0 bridgehead atoms. The lowest BCUT2D eigenvalue weighted by molar-refractivity contribution is 0.318. The van der Waals surface area contributed by atoms with Crippen LogP contribution in [0.3, 0.4) is 0 Å². The number of hydrogen-bond acceptors (Lipinski definition) is 4. The normalized spacial score (nSPS) is 11.4. The van der Waals surface area contributed by atoms with Crippen LogP contribution in [-0.4, -0.2) is 16.8 Å². The Bertz CT molecular complexity index is 656. The number of ether oxygens (including phenoxy) is 1. The van der Waals surface area contributed by atoms with Crippen LogP contribution in [0.2, 0.25) is 0 Å². The third kappa shape index (κ3) is 3.70. The SMILES string of the molecule is CCSc1cccc(Oc2cccc(C)c2)c1/C(N)=N/O. The molecule has 0 saturated heterocycles. The monoisotopic (exact) mass is 302 g/mol. The first-order valence-corrected chi connectivity index (χ1v) is 7.62. The summed E-state index contributed by atoms with van der Waals surface area (Å²) in [5.41, 5.74) is 7.54. The Morgan fingerprint density at radius 2 is 2.05 bits per heavy atom. The van der Waals surface area contributed by atoms with Gasteiger partial charge < -0.3 is 15.7 Å². The summed E-state index contributed by atoms with van der Waals surface area (Å²) in [6.07, 6.45) is 0. The molecule has 0 fully saturated rings. The van der Waals surface area contributed by atoms with Crippen molar-refractivity contribution in [1.82, 2.24) is 0 Å². The summed E-state index contributed by atoms with van der Waals surface area (Å²) >= 11 is 1.62. The molecule has 110 valence electrons. The quantitative estimate of drug-likeness (QED) is 0.288. The number of amidine groups is 1. The number of hydrogen-bond donors (Lipinski definition) is 2. The van der Waals surface area contributed by atoms with E-state index in [0.29, 0.717) is 11.3 Å². The minimum Gasteiger partial charge on any atom is -0.457 e. The zero-order valence-corrected chi connectivity index (χ0v) is 12.9. The average Bonchev–Trinajstić information content (AvgIpc) is 2.47. The number of benzene rings is 2. The molecule has 2 aromatic carbocycles. The third-order valence-electron chi connectivity index (χ3n) is 2.87. The van der Waals surface area contributed by atoms with Gasteiger partial charge in [-0.15, -0.1) is 11.8 Å². The van der Waals surface area contributed by atoms with Gasteiger partial charge in [-0.2, -0.15) is 0 Å². The summed E-state index contributed by atoms with van der Waals surface area (Å²) in [7, 11) is 0. The van der Waals surface area contributed by atoms with Gasteiger partial charge in [0, 0.05) is 4.90 Å². The van der Waals surface area contributed by atoms with Crippen LogP contribution in [0.5, 0.6) is 11.5 Å². The molecule has 4 nitrogen and oxygen atoms in total. The molecule has 0 spiro atoms.